The quantitative estimate of drug-likeness (QED) is 0.195. The molecule has 0 aliphatic heterocycles. The zero-order valence-corrected chi connectivity index (χ0v) is 4.99. The SMILES string of the molecule is O=P(O)(O)NNS. The molecule has 0 aromatic rings. The summed E-state index contributed by atoms with van der Waals surface area (Å²) < 4.78 is 9.70. The molecule has 0 aromatic heterocycles. The van der Waals surface area contributed by atoms with Gasteiger partial charge >= 0.3 is 7.75 Å². The molecule has 0 amide bonds. The van der Waals surface area contributed by atoms with Crippen molar-refractivity contribution in [3.8, 4) is 0 Å². The van der Waals surface area contributed by atoms with Crippen LogP contribution in [0.15, 0.2) is 0 Å². The third-order valence-corrected chi connectivity index (χ3v) is 0.887. The molecule has 4 N–H and O–H groups in total. The maximum Gasteiger partial charge on any atom is 0.414 e. The van der Waals surface area contributed by atoms with E-state index in [2.05, 4.69) is 12.8 Å². The summed E-state index contributed by atoms with van der Waals surface area (Å²) in [5, 5.41) is 1.57. The van der Waals surface area contributed by atoms with Crippen LogP contribution in [0.2, 0.25) is 0 Å². The summed E-state index contributed by atoms with van der Waals surface area (Å²) in [5.41, 5.74) is 0. The number of hydrazine groups is 1. The van der Waals surface area contributed by atoms with E-state index in [0.717, 1.165) is 0 Å². The third kappa shape index (κ3) is 6.42. The largest absolute Gasteiger partial charge is 0.414 e. The average Bonchev–Trinajstić information content (AvgIpc) is 1.30. The van der Waals surface area contributed by atoms with Crippen molar-refractivity contribution in [1.82, 2.24) is 10.0 Å². The first kappa shape index (κ1) is 7.42. The summed E-state index contributed by atoms with van der Waals surface area (Å²) in [6.45, 7) is 0. The zero-order valence-electron chi connectivity index (χ0n) is 3.20. The number of rotatable bonds is 2. The predicted octanol–water partition coefficient (Wildman–Crippen LogP) is -0.982. The fraction of sp³-hybridized carbons (Fsp3) is 0. The minimum Gasteiger partial charge on any atom is -0.312 e. The summed E-state index contributed by atoms with van der Waals surface area (Å²) >= 11 is 3.26. The van der Waals surface area contributed by atoms with Crippen molar-refractivity contribution in [3.05, 3.63) is 0 Å². The van der Waals surface area contributed by atoms with E-state index in [0.29, 0.717) is 0 Å². The maximum atomic E-state index is 9.70. The van der Waals surface area contributed by atoms with Gasteiger partial charge in [-0.2, -0.15) is 4.83 Å². The van der Waals surface area contributed by atoms with E-state index in [-0.39, 0.29) is 0 Å². The lowest BCUT2D eigenvalue weighted by Gasteiger charge is -2.00. The summed E-state index contributed by atoms with van der Waals surface area (Å²) in [6, 6.07) is 0. The van der Waals surface area contributed by atoms with Crippen molar-refractivity contribution in [2.45, 2.75) is 0 Å². The molecule has 0 saturated carbocycles. The van der Waals surface area contributed by atoms with Gasteiger partial charge in [0.25, 0.3) is 0 Å². The molecule has 5 nitrogen and oxygen atoms in total. The Bertz CT molecular complexity index is 86.9. The second-order valence-electron chi connectivity index (χ2n) is 0.768. The minimum atomic E-state index is -4.10. The van der Waals surface area contributed by atoms with Crippen molar-refractivity contribution in [2.24, 2.45) is 0 Å². The van der Waals surface area contributed by atoms with Crippen LogP contribution in [-0.2, 0) is 4.57 Å². The average molecular weight is 144 g/mol. The summed E-state index contributed by atoms with van der Waals surface area (Å²) in [4.78, 5) is 17.6. The molecule has 0 bridgehead atoms. The first-order valence-electron chi connectivity index (χ1n) is 1.28. The molecular weight excluding hydrogens is 139 g/mol. The fourth-order valence-corrected chi connectivity index (χ4v) is 0.586. The van der Waals surface area contributed by atoms with Crippen LogP contribution < -0.4 is 10.0 Å². The summed E-state index contributed by atoms with van der Waals surface area (Å²) in [5.74, 6) is 0. The van der Waals surface area contributed by atoms with E-state index >= 15 is 0 Å². The Labute approximate surface area is 45.8 Å². The van der Waals surface area contributed by atoms with Crippen LogP contribution in [-0.4, -0.2) is 9.79 Å². The molecule has 0 saturated heterocycles. The molecule has 0 spiro atoms. The van der Waals surface area contributed by atoms with Gasteiger partial charge in [0.2, 0.25) is 0 Å². The van der Waals surface area contributed by atoms with Gasteiger partial charge in [-0.25, -0.2) is 4.57 Å². The Hall–Kier alpha value is 0.420. The highest BCUT2D eigenvalue weighted by Gasteiger charge is 2.07. The number of hydrogen-bond acceptors (Lipinski definition) is 3. The van der Waals surface area contributed by atoms with Gasteiger partial charge in [0.15, 0.2) is 0 Å². The molecule has 0 fully saturated rings. The highest BCUT2D eigenvalue weighted by Crippen LogP contribution is 2.25. The van der Waals surface area contributed by atoms with E-state index in [1.54, 1.807) is 10.0 Å². The molecule has 0 unspecified atom stereocenters. The monoisotopic (exact) mass is 144 g/mol. The highest BCUT2D eigenvalue weighted by atomic mass is 32.1. The molecule has 0 aliphatic carbocycles. The molecular formula is H5N2O3PS. The summed E-state index contributed by atoms with van der Waals surface area (Å²) in [6.07, 6.45) is 0. The summed E-state index contributed by atoms with van der Waals surface area (Å²) in [7, 11) is -4.10. The van der Waals surface area contributed by atoms with Gasteiger partial charge < -0.3 is 9.79 Å². The van der Waals surface area contributed by atoms with Gasteiger partial charge in [0.05, 0.1) is 0 Å². The Kier molecular flexibility index (Phi) is 2.82. The van der Waals surface area contributed by atoms with Gasteiger partial charge in [-0.3, -0.25) is 0 Å². The van der Waals surface area contributed by atoms with E-state index in [9.17, 15) is 4.57 Å². The molecule has 0 aromatic carbocycles. The van der Waals surface area contributed by atoms with E-state index in [4.69, 9.17) is 9.79 Å². The van der Waals surface area contributed by atoms with Crippen LogP contribution in [0, 0.1) is 0 Å². The first-order chi connectivity index (χ1) is 3.06. The second kappa shape index (κ2) is 2.66. The molecule has 44 valence electrons. The van der Waals surface area contributed by atoms with Gasteiger partial charge in [-0.1, -0.05) is 12.8 Å². The van der Waals surface area contributed by atoms with Gasteiger partial charge in [-0.15, -0.1) is 5.20 Å². The van der Waals surface area contributed by atoms with Crippen LogP contribution >= 0.6 is 20.6 Å². The molecule has 0 heterocycles. The van der Waals surface area contributed by atoms with Crippen molar-refractivity contribution in [1.29, 1.82) is 0 Å². The Morgan fingerprint density at radius 3 is 2.00 bits per heavy atom. The minimum absolute atomic E-state index is 1.57. The van der Waals surface area contributed by atoms with Crippen molar-refractivity contribution in [3.63, 3.8) is 0 Å². The molecule has 0 aliphatic rings. The lowest BCUT2D eigenvalue weighted by atomic mass is 13.0. The first-order valence-corrected chi connectivity index (χ1v) is 3.34. The molecule has 0 rings (SSSR count). The molecule has 7 heteroatoms. The third-order valence-electron chi connectivity index (χ3n) is 0.196. The number of thiol groups is 1. The van der Waals surface area contributed by atoms with Gasteiger partial charge in [-0.05, 0) is 0 Å². The normalized spacial score (nSPS) is 11.9. The molecule has 0 radical (unpaired) electrons. The predicted molar refractivity (Wildman–Crippen MR) is 27.3 cm³/mol. The van der Waals surface area contributed by atoms with Crippen molar-refractivity contribution in [2.75, 3.05) is 0 Å². The number of hydrogen-bond donors (Lipinski definition) is 5. The van der Waals surface area contributed by atoms with E-state index < -0.39 is 7.75 Å². The molecule has 7 heavy (non-hydrogen) atoms. The number of nitrogens with one attached hydrogen (secondary N) is 2. The molecule has 0 atom stereocenters. The van der Waals surface area contributed by atoms with Crippen LogP contribution in [0.25, 0.3) is 0 Å². The second-order valence-corrected chi connectivity index (χ2v) is 2.30. The zero-order chi connectivity index (χ0) is 5.91. The van der Waals surface area contributed by atoms with Crippen molar-refractivity contribution >= 4 is 20.6 Å². The van der Waals surface area contributed by atoms with Gasteiger partial charge in [0, 0.05) is 0 Å². The van der Waals surface area contributed by atoms with Crippen LogP contribution in [0.3, 0.4) is 0 Å². The topological polar surface area (TPSA) is 81.6 Å². The van der Waals surface area contributed by atoms with Crippen LogP contribution in [0.4, 0.5) is 0 Å². The van der Waals surface area contributed by atoms with Crippen molar-refractivity contribution < 1.29 is 14.4 Å². The smallest absolute Gasteiger partial charge is 0.312 e. The van der Waals surface area contributed by atoms with Crippen LogP contribution in [0.1, 0.15) is 0 Å². The Balaban J connectivity index is 3.36. The lowest BCUT2D eigenvalue weighted by molar-refractivity contribution is 0.355. The van der Waals surface area contributed by atoms with Crippen LogP contribution in [0.5, 0.6) is 0 Å². The van der Waals surface area contributed by atoms with Gasteiger partial charge in [0.1, 0.15) is 0 Å². The standard InChI is InChI=1S/H5N2O3PS/c3-6(4,5)1-2-7/h2,7H,(H3,1,3,4,5). The Morgan fingerprint density at radius 2 is 2.00 bits per heavy atom. The lowest BCUT2D eigenvalue weighted by Crippen LogP contribution is -2.18. The Morgan fingerprint density at radius 1 is 1.57 bits per heavy atom. The van der Waals surface area contributed by atoms with E-state index in [1.807, 2.05) is 0 Å². The van der Waals surface area contributed by atoms with E-state index in [1.165, 1.54) is 0 Å². The maximum absolute atomic E-state index is 9.70. The highest BCUT2D eigenvalue weighted by molar-refractivity contribution is 7.78. The fourth-order valence-electron chi connectivity index (χ4n) is 0.0651.